The van der Waals surface area contributed by atoms with E-state index >= 15 is 0 Å². The number of hydrogen-bond acceptors (Lipinski definition) is 3. The van der Waals surface area contributed by atoms with Gasteiger partial charge in [-0.25, -0.2) is 4.79 Å². The lowest BCUT2D eigenvalue weighted by Crippen LogP contribution is -2.51. The van der Waals surface area contributed by atoms with Gasteiger partial charge in [0.2, 0.25) is 0 Å². The van der Waals surface area contributed by atoms with Crippen LogP contribution in [-0.4, -0.2) is 40.6 Å². The number of amides is 2. The first-order valence-corrected chi connectivity index (χ1v) is 5.90. The van der Waals surface area contributed by atoms with Crippen molar-refractivity contribution in [2.24, 2.45) is 5.92 Å². The number of urea groups is 1. The normalized spacial score (nSPS) is 12.4. The number of carbonyl (C=O) groups excluding carboxylic acids is 1. The summed E-state index contributed by atoms with van der Waals surface area (Å²) in [4.78, 5) is 24.1. The van der Waals surface area contributed by atoms with Crippen LogP contribution in [0.25, 0.3) is 0 Å². The summed E-state index contributed by atoms with van der Waals surface area (Å²) in [5, 5.41) is 20.1. The minimum Gasteiger partial charge on any atom is -0.481 e. The summed E-state index contributed by atoms with van der Waals surface area (Å²) in [6.07, 6.45) is -0.149. The molecular formula is C12H21N3O3. The van der Waals surface area contributed by atoms with Gasteiger partial charge in [-0.3, -0.25) is 4.79 Å². The predicted octanol–water partition coefficient (Wildman–Crippen LogP) is 1.43. The number of nitrogens with zero attached hydrogens (tertiary/aromatic N) is 2. The van der Waals surface area contributed by atoms with Crippen molar-refractivity contribution >= 4 is 12.0 Å². The molecular weight excluding hydrogens is 234 g/mol. The van der Waals surface area contributed by atoms with Crippen LogP contribution in [-0.2, 0) is 4.79 Å². The third-order valence-corrected chi connectivity index (χ3v) is 2.42. The van der Waals surface area contributed by atoms with E-state index in [1.54, 1.807) is 20.8 Å². The first-order chi connectivity index (χ1) is 8.21. The van der Waals surface area contributed by atoms with Crippen LogP contribution in [0.15, 0.2) is 0 Å². The van der Waals surface area contributed by atoms with Gasteiger partial charge < -0.3 is 15.3 Å². The summed E-state index contributed by atoms with van der Waals surface area (Å²) in [6.45, 7) is 7.66. The fourth-order valence-electron chi connectivity index (χ4n) is 1.52. The Morgan fingerprint density at radius 2 is 2.06 bits per heavy atom. The molecule has 6 heteroatoms. The van der Waals surface area contributed by atoms with Crippen LogP contribution in [0.4, 0.5) is 4.79 Å². The number of carbonyl (C=O) groups is 2. The van der Waals surface area contributed by atoms with Crippen LogP contribution in [0.3, 0.4) is 0 Å². The largest absolute Gasteiger partial charge is 0.481 e. The summed E-state index contributed by atoms with van der Waals surface area (Å²) in [6, 6.07) is 1.72. The van der Waals surface area contributed by atoms with Gasteiger partial charge in [-0.2, -0.15) is 5.26 Å². The Balaban J connectivity index is 4.53. The smallest absolute Gasteiger partial charge is 0.317 e. The Morgan fingerprint density at radius 1 is 1.50 bits per heavy atom. The van der Waals surface area contributed by atoms with Crippen LogP contribution in [0, 0.1) is 17.2 Å². The Hall–Kier alpha value is -1.77. The van der Waals surface area contributed by atoms with E-state index in [1.807, 2.05) is 6.92 Å². The van der Waals surface area contributed by atoms with Crippen LogP contribution in [0.5, 0.6) is 0 Å². The van der Waals surface area contributed by atoms with Crippen LogP contribution in [0.1, 0.15) is 34.1 Å². The molecule has 0 aliphatic heterocycles. The number of nitrogens with one attached hydrogen (secondary N) is 1. The Morgan fingerprint density at radius 3 is 2.44 bits per heavy atom. The van der Waals surface area contributed by atoms with E-state index in [9.17, 15) is 9.59 Å². The zero-order chi connectivity index (χ0) is 14.3. The molecule has 102 valence electrons. The number of carboxylic acid groups (broad SMARTS) is 1. The van der Waals surface area contributed by atoms with Gasteiger partial charge in [0.1, 0.15) is 0 Å². The fourth-order valence-corrected chi connectivity index (χ4v) is 1.52. The van der Waals surface area contributed by atoms with Gasteiger partial charge in [-0.1, -0.05) is 0 Å². The summed E-state index contributed by atoms with van der Waals surface area (Å²) < 4.78 is 0. The van der Waals surface area contributed by atoms with Crippen molar-refractivity contribution < 1.29 is 14.7 Å². The third-order valence-electron chi connectivity index (χ3n) is 2.42. The summed E-state index contributed by atoms with van der Waals surface area (Å²) in [7, 11) is 0. The monoisotopic (exact) mass is 255 g/mol. The van der Waals surface area contributed by atoms with Crippen molar-refractivity contribution in [1.29, 1.82) is 5.26 Å². The molecule has 0 saturated heterocycles. The van der Waals surface area contributed by atoms with Gasteiger partial charge in [0.05, 0.1) is 18.4 Å². The van der Waals surface area contributed by atoms with E-state index < -0.39 is 11.5 Å². The average Bonchev–Trinajstić information content (AvgIpc) is 2.22. The van der Waals surface area contributed by atoms with Gasteiger partial charge >= 0.3 is 12.0 Å². The maximum Gasteiger partial charge on any atom is 0.317 e. The third kappa shape index (κ3) is 6.09. The molecule has 1 unspecified atom stereocenters. The molecule has 1 atom stereocenters. The van der Waals surface area contributed by atoms with Gasteiger partial charge in [0.15, 0.2) is 0 Å². The van der Waals surface area contributed by atoms with E-state index in [0.29, 0.717) is 13.1 Å². The lowest BCUT2D eigenvalue weighted by atomic mass is 10.0. The lowest BCUT2D eigenvalue weighted by molar-refractivity contribution is -0.138. The highest BCUT2D eigenvalue weighted by Crippen LogP contribution is 2.09. The highest BCUT2D eigenvalue weighted by atomic mass is 16.4. The van der Waals surface area contributed by atoms with Crippen LogP contribution >= 0.6 is 0 Å². The van der Waals surface area contributed by atoms with E-state index in [1.165, 1.54) is 4.90 Å². The zero-order valence-corrected chi connectivity index (χ0v) is 11.4. The SMILES string of the molecule is CCN(CC(C)C#N)C(=O)NC(C)(C)CC(=O)O. The zero-order valence-electron chi connectivity index (χ0n) is 11.4. The van der Waals surface area contributed by atoms with Gasteiger partial charge in [-0.05, 0) is 27.7 Å². The molecule has 0 saturated carbocycles. The van der Waals surface area contributed by atoms with E-state index in [2.05, 4.69) is 11.4 Å². The molecule has 0 aliphatic rings. The predicted molar refractivity (Wildman–Crippen MR) is 66.9 cm³/mol. The molecule has 6 nitrogen and oxygen atoms in total. The molecule has 0 bridgehead atoms. The van der Waals surface area contributed by atoms with Gasteiger partial charge in [-0.15, -0.1) is 0 Å². The Kier molecular flexibility index (Phi) is 6.17. The quantitative estimate of drug-likeness (QED) is 0.750. The maximum atomic E-state index is 11.9. The molecule has 18 heavy (non-hydrogen) atoms. The summed E-state index contributed by atoms with van der Waals surface area (Å²) >= 11 is 0. The fraction of sp³-hybridized carbons (Fsp3) is 0.750. The van der Waals surface area contributed by atoms with Crippen molar-refractivity contribution in [2.75, 3.05) is 13.1 Å². The summed E-state index contributed by atoms with van der Waals surface area (Å²) in [5.41, 5.74) is -0.813. The highest BCUT2D eigenvalue weighted by molar-refractivity contribution is 5.76. The van der Waals surface area contributed by atoms with E-state index in [4.69, 9.17) is 10.4 Å². The lowest BCUT2D eigenvalue weighted by Gasteiger charge is -2.29. The number of aliphatic carboxylic acids is 1. The molecule has 2 amide bonds. The first-order valence-electron chi connectivity index (χ1n) is 5.90. The second kappa shape index (κ2) is 6.84. The Bertz CT molecular complexity index is 347. The standard InChI is InChI=1S/C12H21N3O3/c1-5-15(8-9(2)7-13)11(18)14-12(3,4)6-10(16)17/h9H,5-6,8H2,1-4H3,(H,14,18)(H,16,17). The molecule has 0 radical (unpaired) electrons. The number of hydrogen-bond donors (Lipinski definition) is 2. The molecule has 0 aromatic carbocycles. The minimum absolute atomic E-state index is 0.149. The van der Waals surface area contributed by atoms with Crippen LogP contribution < -0.4 is 5.32 Å². The van der Waals surface area contributed by atoms with Crippen molar-refractivity contribution in [3.05, 3.63) is 0 Å². The second-order valence-corrected chi connectivity index (χ2v) is 4.95. The molecule has 0 rings (SSSR count). The van der Waals surface area contributed by atoms with Gasteiger partial charge in [0, 0.05) is 18.6 Å². The summed E-state index contributed by atoms with van der Waals surface area (Å²) in [5.74, 6) is -1.22. The number of rotatable bonds is 6. The van der Waals surface area contributed by atoms with E-state index in [0.717, 1.165) is 0 Å². The number of nitriles is 1. The van der Waals surface area contributed by atoms with E-state index in [-0.39, 0.29) is 18.4 Å². The first kappa shape index (κ1) is 16.2. The van der Waals surface area contributed by atoms with Crippen molar-refractivity contribution in [1.82, 2.24) is 10.2 Å². The minimum atomic E-state index is -0.964. The highest BCUT2D eigenvalue weighted by Gasteiger charge is 2.26. The molecule has 0 spiro atoms. The molecule has 0 aromatic rings. The average molecular weight is 255 g/mol. The molecule has 0 aromatic heterocycles. The molecule has 0 fully saturated rings. The van der Waals surface area contributed by atoms with Crippen molar-refractivity contribution in [3.63, 3.8) is 0 Å². The molecule has 0 aliphatic carbocycles. The molecule has 0 heterocycles. The number of carboxylic acids is 1. The molecule has 2 N–H and O–H groups in total. The van der Waals surface area contributed by atoms with Crippen LogP contribution in [0.2, 0.25) is 0 Å². The maximum absolute atomic E-state index is 11.9. The Labute approximate surface area is 108 Å². The topological polar surface area (TPSA) is 93.4 Å². The van der Waals surface area contributed by atoms with Crippen molar-refractivity contribution in [3.8, 4) is 6.07 Å². The second-order valence-electron chi connectivity index (χ2n) is 4.95. The van der Waals surface area contributed by atoms with Crippen molar-refractivity contribution in [2.45, 2.75) is 39.7 Å². The van der Waals surface area contributed by atoms with Gasteiger partial charge in [0.25, 0.3) is 0 Å².